The first-order valence-corrected chi connectivity index (χ1v) is 6.43. The summed E-state index contributed by atoms with van der Waals surface area (Å²) >= 11 is 0. The van der Waals surface area contributed by atoms with Gasteiger partial charge in [0.1, 0.15) is 5.56 Å². The summed E-state index contributed by atoms with van der Waals surface area (Å²) in [6.07, 6.45) is 3.30. The lowest BCUT2D eigenvalue weighted by Gasteiger charge is -2.10. The first-order chi connectivity index (χ1) is 10.3. The fraction of sp³-hybridized carbons (Fsp3) is 0.0625. The molecule has 3 aromatic rings. The number of hydrogen-bond acceptors (Lipinski definition) is 4. The van der Waals surface area contributed by atoms with Crippen LogP contribution in [0.2, 0.25) is 0 Å². The molecule has 0 spiro atoms. The maximum Gasteiger partial charge on any atom is 0.261 e. The molecule has 0 saturated heterocycles. The molecule has 1 N–H and O–H groups in total. The van der Waals surface area contributed by atoms with Gasteiger partial charge in [-0.3, -0.25) is 9.78 Å². The average molecular weight is 279 g/mol. The van der Waals surface area contributed by atoms with Crippen LogP contribution in [0.15, 0.2) is 54.9 Å². The third-order valence-electron chi connectivity index (χ3n) is 3.10. The minimum atomic E-state index is -0.267. The zero-order valence-electron chi connectivity index (χ0n) is 11.4. The van der Waals surface area contributed by atoms with E-state index in [4.69, 9.17) is 4.74 Å². The molecule has 5 nitrogen and oxygen atoms in total. The van der Waals surface area contributed by atoms with Crippen LogP contribution in [-0.4, -0.2) is 23.0 Å². The van der Waals surface area contributed by atoms with E-state index < -0.39 is 0 Å². The Hall–Kier alpha value is -2.95. The number of fused-ring (bicyclic) bond motifs is 1. The van der Waals surface area contributed by atoms with Crippen LogP contribution >= 0.6 is 0 Å². The predicted molar refractivity (Wildman–Crippen MR) is 80.5 cm³/mol. The van der Waals surface area contributed by atoms with Crippen LogP contribution in [0.1, 0.15) is 10.4 Å². The molecule has 0 aliphatic carbocycles. The maximum absolute atomic E-state index is 12.4. The third kappa shape index (κ3) is 2.53. The Morgan fingerprint density at radius 3 is 2.71 bits per heavy atom. The van der Waals surface area contributed by atoms with Crippen molar-refractivity contribution in [3.63, 3.8) is 0 Å². The van der Waals surface area contributed by atoms with Crippen molar-refractivity contribution in [2.24, 2.45) is 0 Å². The van der Waals surface area contributed by atoms with Gasteiger partial charge in [0.15, 0.2) is 0 Å². The monoisotopic (exact) mass is 279 g/mol. The topological polar surface area (TPSA) is 64.1 Å². The smallest absolute Gasteiger partial charge is 0.261 e. The van der Waals surface area contributed by atoms with E-state index in [0.717, 1.165) is 10.9 Å². The van der Waals surface area contributed by atoms with Gasteiger partial charge in [-0.15, -0.1) is 0 Å². The molecule has 1 amide bonds. The highest BCUT2D eigenvalue weighted by Crippen LogP contribution is 2.23. The molecule has 0 aliphatic heterocycles. The molecule has 0 unspecified atom stereocenters. The van der Waals surface area contributed by atoms with Gasteiger partial charge in [-0.05, 0) is 36.4 Å². The first-order valence-electron chi connectivity index (χ1n) is 6.43. The molecule has 0 atom stereocenters. The van der Waals surface area contributed by atoms with E-state index in [9.17, 15) is 4.79 Å². The molecule has 5 heteroatoms. The lowest BCUT2D eigenvalue weighted by molar-refractivity contribution is 0.102. The van der Waals surface area contributed by atoms with Gasteiger partial charge in [0, 0.05) is 17.8 Å². The first kappa shape index (κ1) is 13.1. The molecule has 0 saturated carbocycles. The van der Waals surface area contributed by atoms with E-state index in [0.29, 0.717) is 17.1 Å². The number of methoxy groups -OCH3 is 1. The second kappa shape index (κ2) is 5.58. The number of nitrogens with one attached hydrogen (secondary N) is 1. The van der Waals surface area contributed by atoms with Crippen molar-refractivity contribution < 1.29 is 9.53 Å². The van der Waals surface area contributed by atoms with Crippen LogP contribution in [0.25, 0.3) is 10.9 Å². The largest absolute Gasteiger partial charge is 0.480 e. The SMILES string of the molecule is COc1ncccc1C(=O)Nc1cccc2ncccc12. The molecular formula is C16H13N3O2. The molecule has 2 heterocycles. The Bertz CT molecular complexity index is 797. The molecule has 0 bridgehead atoms. The molecule has 0 radical (unpaired) electrons. The summed E-state index contributed by atoms with van der Waals surface area (Å²) in [5.74, 6) is 0.0321. The van der Waals surface area contributed by atoms with E-state index in [2.05, 4.69) is 15.3 Å². The molecule has 3 rings (SSSR count). The number of benzene rings is 1. The van der Waals surface area contributed by atoms with E-state index in [1.54, 1.807) is 24.5 Å². The van der Waals surface area contributed by atoms with E-state index >= 15 is 0 Å². The van der Waals surface area contributed by atoms with Crippen molar-refractivity contribution in [3.05, 3.63) is 60.4 Å². The van der Waals surface area contributed by atoms with Crippen LogP contribution < -0.4 is 10.1 Å². The summed E-state index contributed by atoms with van der Waals surface area (Å²) in [7, 11) is 1.49. The van der Waals surface area contributed by atoms with Crippen LogP contribution in [0.4, 0.5) is 5.69 Å². The van der Waals surface area contributed by atoms with Gasteiger partial charge in [-0.25, -0.2) is 4.98 Å². The number of ether oxygens (including phenoxy) is 1. The Morgan fingerprint density at radius 2 is 1.86 bits per heavy atom. The molecule has 0 fully saturated rings. The lowest BCUT2D eigenvalue weighted by atomic mass is 10.1. The van der Waals surface area contributed by atoms with Crippen molar-refractivity contribution in [2.75, 3.05) is 12.4 Å². The molecule has 1 aromatic carbocycles. The van der Waals surface area contributed by atoms with Crippen molar-refractivity contribution in [3.8, 4) is 5.88 Å². The van der Waals surface area contributed by atoms with Crippen molar-refractivity contribution in [2.45, 2.75) is 0 Å². The van der Waals surface area contributed by atoms with Gasteiger partial charge in [0.2, 0.25) is 5.88 Å². The summed E-state index contributed by atoms with van der Waals surface area (Å²) in [5.41, 5.74) is 1.92. The zero-order chi connectivity index (χ0) is 14.7. The van der Waals surface area contributed by atoms with Gasteiger partial charge in [-0.1, -0.05) is 6.07 Å². The standard InChI is InChI=1S/C16H13N3O2/c1-21-16-12(6-4-10-18-16)15(20)19-14-8-2-7-13-11(14)5-3-9-17-13/h2-10H,1H3,(H,19,20). The minimum absolute atomic E-state index is 0.267. The Balaban J connectivity index is 1.97. The van der Waals surface area contributed by atoms with E-state index in [1.165, 1.54) is 7.11 Å². The second-order valence-electron chi connectivity index (χ2n) is 4.39. The normalized spacial score (nSPS) is 10.3. The maximum atomic E-state index is 12.4. The number of anilines is 1. The van der Waals surface area contributed by atoms with Gasteiger partial charge < -0.3 is 10.1 Å². The average Bonchev–Trinajstić information content (AvgIpc) is 2.55. The fourth-order valence-electron chi connectivity index (χ4n) is 2.13. The summed E-state index contributed by atoms with van der Waals surface area (Å²) in [6, 6.07) is 12.7. The molecule has 21 heavy (non-hydrogen) atoms. The third-order valence-corrected chi connectivity index (χ3v) is 3.10. The fourth-order valence-corrected chi connectivity index (χ4v) is 2.13. The zero-order valence-corrected chi connectivity index (χ0v) is 11.4. The number of hydrogen-bond donors (Lipinski definition) is 1. The number of pyridine rings is 2. The van der Waals surface area contributed by atoms with Crippen LogP contribution in [-0.2, 0) is 0 Å². The van der Waals surface area contributed by atoms with E-state index in [1.807, 2.05) is 30.3 Å². The minimum Gasteiger partial charge on any atom is -0.480 e. The quantitative estimate of drug-likeness (QED) is 0.800. The molecular weight excluding hydrogens is 266 g/mol. The van der Waals surface area contributed by atoms with Crippen LogP contribution in [0, 0.1) is 0 Å². The molecule has 104 valence electrons. The highest BCUT2D eigenvalue weighted by atomic mass is 16.5. The summed E-state index contributed by atoms with van der Waals surface area (Å²) < 4.78 is 5.11. The van der Waals surface area contributed by atoms with Crippen LogP contribution in [0.3, 0.4) is 0 Å². The van der Waals surface area contributed by atoms with Crippen molar-refractivity contribution >= 4 is 22.5 Å². The number of aromatic nitrogens is 2. The van der Waals surface area contributed by atoms with Gasteiger partial charge in [-0.2, -0.15) is 0 Å². The number of carbonyl (C=O) groups is 1. The van der Waals surface area contributed by atoms with Crippen molar-refractivity contribution in [1.82, 2.24) is 9.97 Å². The Kier molecular flexibility index (Phi) is 3.47. The number of amides is 1. The number of carbonyl (C=O) groups excluding carboxylic acids is 1. The summed E-state index contributed by atoms with van der Waals surface area (Å²) in [4.78, 5) is 20.7. The Morgan fingerprint density at radius 1 is 1.05 bits per heavy atom. The highest BCUT2D eigenvalue weighted by molar-refractivity contribution is 6.09. The van der Waals surface area contributed by atoms with Gasteiger partial charge in [0.05, 0.1) is 18.3 Å². The predicted octanol–water partition coefficient (Wildman–Crippen LogP) is 2.89. The van der Waals surface area contributed by atoms with Gasteiger partial charge >= 0.3 is 0 Å². The number of rotatable bonds is 3. The summed E-state index contributed by atoms with van der Waals surface area (Å²) in [6.45, 7) is 0. The summed E-state index contributed by atoms with van der Waals surface area (Å²) in [5, 5.41) is 3.76. The lowest BCUT2D eigenvalue weighted by Crippen LogP contribution is -2.14. The van der Waals surface area contributed by atoms with Crippen LogP contribution in [0.5, 0.6) is 5.88 Å². The highest BCUT2D eigenvalue weighted by Gasteiger charge is 2.14. The van der Waals surface area contributed by atoms with E-state index in [-0.39, 0.29) is 5.91 Å². The molecule has 0 aliphatic rings. The Labute approximate surface area is 121 Å². The molecule has 2 aromatic heterocycles. The van der Waals surface area contributed by atoms with Gasteiger partial charge in [0.25, 0.3) is 5.91 Å². The second-order valence-corrected chi connectivity index (χ2v) is 4.39. The van der Waals surface area contributed by atoms with Crippen molar-refractivity contribution in [1.29, 1.82) is 0 Å². The number of nitrogens with zero attached hydrogens (tertiary/aromatic N) is 2.